The molecule has 0 spiro atoms. The summed E-state index contributed by atoms with van der Waals surface area (Å²) in [6.45, 7) is 5.23. The van der Waals surface area contributed by atoms with E-state index in [-0.39, 0.29) is 11.4 Å². The summed E-state index contributed by atoms with van der Waals surface area (Å²) < 4.78 is 33.9. The third-order valence-electron chi connectivity index (χ3n) is 5.18. The van der Waals surface area contributed by atoms with Gasteiger partial charge in [0.15, 0.2) is 0 Å². The van der Waals surface area contributed by atoms with Crippen molar-refractivity contribution in [3.8, 4) is 0 Å². The van der Waals surface area contributed by atoms with Crippen LogP contribution in [0.1, 0.15) is 11.1 Å². The summed E-state index contributed by atoms with van der Waals surface area (Å²) >= 11 is 0. The second-order valence-corrected chi connectivity index (χ2v) is 9.16. The zero-order valence-corrected chi connectivity index (χ0v) is 17.8. The SMILES string of the molecule is Cc1ccc(CN(c2cccnc2)S(=O)(=O)c2ccc(N3CCOCC3)cc2)cc1. The molecule has 30 heavy (non-hydrogen) atoms. The molecule has 7 heteroatoms. The molecule has 2 aromatic carbocycles. The van der Waals surface area contributed by atoms with Crippen LogP contribution in [-0.2, 0) is 21.3 Å². The molecule has 156 valence electrons. The third-order valence-corrected chi connectivity index (χ3v) is 6.97. The molecule has 0 bridgehead atoms. The van der Waals surface area contributed by atoms with Crippen molar-refractivity contribution in [3.63, 3.8) is 0 Å². The molecule has 0 N–H and O–H groups in total. The number of ether oxygens (including phenoxy) is 1. The van der Waals surface area contributed by atoms with Crippen molar-refractivity contribution < 1.29 is 13.2 Å². The van der Waals surface area contributed by atoms with E-state index in [1.165, 1.54) is 4.31 Å². The highest BCUT2D eigenvalue weighted by Crippen LogP contribution is 2.27. The van der Waals surface area contributed by atoms with Gasteiger partial charge in [-0.2, -0.15) is 0 Å². The lowest BCUT2D eigenvalue weighted by Crippen LogP contribution is -2.36. The summed E-state index contributed by atoms with van der Waals surface area (Å²) in [4.78, 5) is 6.58. The topological polar surface area (TPSA) is 62.7 Å². The minimum Gasteiger partial charge on any atom is -0.378 e. The van der Waals surface area contributed by atoms with E-state index in [4.69, 9.17) is 4.74 Å². The fraction of sp³-hybridized carbons (Fsp3) is 0.261. The van der Waals surface area contributed by atoms with Gasteiger partial charge in [0.2, 0.25) is 0 Å². The predicted molar refractivity (Wildman–Crippen MR) is 118 cm³/mol. The Balaban J connectivity index is 1.65. The smallest absolute Gasteiger partial charge is 0.264 e. The maximum absolute atomic E-state index is 13.6. The van der Waals surface area contributed by atoms with Crippen molar-refractivity contribution >= 4 is 21.4 Å². The Bertz CT molecular complexity index is 1060. The molecular weight excluding hydrogens is 398 g/mol. The standard InChI is InChI=1S/C23H25N3O3S/c1-19-4-6-20(7-5-19)18-26(22-3-2-12-24-17-22)30(27,28)23-10-8-21(9-11-23)25-13-15-29-16-14-25/h2-12,17H,13-16,18H2,1H3. The summed E-state index contributed by atoms with van der Waals surface area (Å²) in [5, 5.41) is 0. The first-order valence-electron chi connectivity index (χ1n) is 9.95. The van der Waals surface area contributed by atoms with Crippen LogP contribution >= 0.6 is 0 Å². The minimum absolute atomic E-state index is 0.236. The first-order chi connectivity index (χ1) is 14.5. The van der Waals surface area contributed by atoms with E-state index >= 15 is 0 Å². The number of aryl methyl sites for hydroxylation is 1. The van der Waals surface area contributed by atoms with Crippen LogP contribution in [0.4, 0.5) is 11.4 Å². The first kappa shape index (κ1) is 20.4. The molecule has 0 radical (unpaired) electrons. The first-order valence-corrected chi connectivity index (χ1v) is 11.4. The van der Waals surface area contributed by atoms with Gasteiger partial charge in [0, 0.05) is 25.0 Å². The van der Waals surface area contributed by atoms with Crippen LogP contribution in [0.5, 0.6) is 0 Å². The van der Waals surface area contributed by atoms with Crippen molar-refractivity contribution in [2.24, 2.45) is 0 Å². The Morgan fingerprint density at radius 3 is 2.33 bits per heavy atom. The molecule has 1 aliphatic heterocycles. The number of hydrogen-bond donors (Lipinski definition) is 0. The van der Waals surface area contributed by atoms with E-state index < -0.39 is 10.0 Å². The van der Waals surface area contributed by atoms with Crippen LogP contribution in [-0.4, -0.2) is 39.7 Å². The summed E-state index contributed by atoms with van der Waals surface area (Å²) in [6.07, 6.45) is 3.21. The van der Waals surface area contributed by atoms with E-state index in [1.54, 1.807) is 36.7 Å². The van der Waals surface area contributed by atoms with Gasteiger partial charge < -0.3 is 9.64 Å². The van der Waals surface area contributed by atoms with E-state index in [9.17, 15) is 8.42 Å². The number of pyridine rings is 1. The van der Waals surface area contributed by atoms with E-state index in [2.05, 4.69) is 9.88 Å². The highest BCUT2D eigenvalue weighted by molar-refractivity contribution is 7.92. The Morgan fingerprint density at radius 2 is 1.70 bits per heavy atom. The molecule has 6 nitrogen and oxygen atoms in total. The summed E-state index contributed by atoms with van der Waals surface area (Å²) in [5.41, 5.74) is 3.59. The number of sulfonamides is 1. The molecule has 0 unspecified atom stereocenters. The normalized spacial score (nSPS) is 14.5. The highest BCUT2D eigenvalue weighted by atomic mass is 32.2. The van der Waals surface area contributed by atoms with Gasteiger partial charge in [-0.25, -0.2) is 8.42 Å². The zero-order valence-electron chi connectivity index (χ0n) is 16.9. The Morgan fingerprint density at radius 1 is 1.00 bits per heavy atom. The third kappa shape index (κ3) is 4.47. The molecule has 0 aliphatic carbocycles. The van der Waals surface area contributed by atoms with Crippen LogP contribution in [0.15, 0.2) is 78.0 Å². The molecule has 0 atom stereocenters. The molecule has 0 saturated carbocycles. The zero-order chi connectivity index (χ0) is 21.0. The molecule has 1 aromatic heterocycles. The lowest BCUT2D eigenvalue weighted by atomic mass is 10.1. The maximum atomic E-state index is 13.6. The summed E-state index contributed by atoms with van der Waals surface area (Å²) in [6, 6.07) is 18.5. The van der Waals surface area contributed by atoms with Gasteiger partial charge in [0.1, 0.15) is 0 Å². The maximum Gasteiger partial charge on any atom is 0.264 e. The number of morpholine rings is 1. The molecule has 3 aromatic rings. The minimum atomic E-state index is -3.76. The van der Waals surface area contributed by atoms with Gasteiger partial charge >= 0.3 is 0 Å². The monoisotopic (exact) mass is 423 g/mol. The lowest BCUT2D eigenvalue weighted by Gasteiger charge is -2.29. The highest BCUT2D eigenvalue weighted by Gasteiger charge is 2.26. The summed E-state index contributed by atoms with van der Waals surface area (Å²) in [5.74, 6) is 0. The average molecular weight is 424 g/mol. The van der Waals surface area contributed by atoms with Crippen molar-refractivity contribution in [1.29, 1.82) is 0 Å². The fourth-order valence-electron chi connectivity index (χ4n) is 3.45. The number of anilines is 2. The van der Waals surface area contributed by atoms with E-state index in [0.717, 1.165) is 29.9 Å². The van der Waals surface area contributed by atoms with Crippen molar-refractivity contribution in [2.45, 2.75) is 18.4 Å². The van der Waals surface area contributed by atoms with Crippen LogP contribution in [0.25, 0.3) is 0 Å². The van der Waals surface area contributed by atoms with E-state index in [1.807, 2.05) is 43.3 Å². The van der Waals surface area contributed by atoms with Crippen molar-refractivity contribution in [2.75, 3.05) is 35.5 Å². The average Bonchev–Trinajstić information content (AvgIpc) is 2.80. The van der Waals surface area contributed by atoms with Gasteiger partial charge in [-0.1, -0.05) is 29.8 Å². The summed E-state index contributed by atoms with van der Waals surface area (Å²) in [7, 11) is -3.76. The second kappa shape index (κ2) is 8.85. The molecule has 1 fully saturated rings. The van der Waals surface area contributed by atoms with Gasteiger partial charge in [-0.15, -0.1) is 0 Å². The number of rotatable bonds is 6. The number of aromatic nitrogens is 1. The van der Waals surface area contributed by atoms with Crippen molar-refractivity contribution in [1.82, 2.24) is 4.98 Å². The lowest BCUT2D eigenvalue weighted by molar-refractivity contribution is 0.122. The molecular formula is C23H25N3O3S. The quantitative estimate of drug-likeness (QED) is 0.606. The second-order valence-electron chi connectivity index (χ2n) is 7.30. The Kier molecular flexibility index (Phi) is 6.01. The van der Waals surface area contributed by atoms with Crippen LogP contribution in [0, 0.1) is 6.92 Å². The van der Waals surface area contributed by atoms with Crippen LogP contribution in [0.2, 0.25) is 0 Å². The predicted octanol–water partition coefficient (Wildman–Crippen LogP) is 3.62. The van der Waals surface area contributed by atoms with Gasteiger partial charge in [-0.05, 0) is 48.9 Å². The van der Waals surface area contributed by atoms with Crippen LogP contribution in [0.3, 0.4) is 0 Å². The van der Waals surface area contributed by atoms with Crippen LogP contribution < -0.4 is 9.21 Å². The van der Waals surface area contributed by atoms with Gasteiger partial charge in [-0.3, -0.25) is 9.29 Å². The van der Waals surface area contributed by atoms with Gasteiger partial charge in [0.05, 0.1) is 36.5 Å². The Labute approximate surface area is 177 Å². The number of benzene rings is 2. The molecule has 0 amide bonds. The van der Waals surface area contributed by atoms with E-state index in [0.29, 0.717) is 18.9 Å². The molecule has 2 heterocycles. The van der Waals surface area contributed by atoms with Gasteiger partial charge in [0.25, 0.3) is 10.0 Å². The Hall–Kier alpha value is -2.90. The molecule has 1 saturated heterocycles. The van der Waals surface area contributed by atoms with Crippen molar-refractivity contribution in [3.05, 3.63) is 84.2 Å². The molecule has 4 rings (SSSR count). The number of hydrogen-bond acceptors (Lipinski definition) is 5. The molecule has 1 aliphatic rings. The largest absolute Gasteiger partial charge is 0.378 e. The number of nitrogens with zero attached hydrogens (tertiary/aromatic N) is 3. The fourth-order valence-corrected chi connectivity index (χ4v) is 4.89.